The molecule has 1 aliphatic heterocycles. The zero-order valence-electron chi connectivity index (χ0n) is 13.3. The van der Waals surface area contributed by atoms with Crippen LogP contribution in [0.4, 0.5) is 0 Å². The number of esters is 1. The van der Waals surface area contributed by atoms with E-state index in [1.165, 1.54) is 6.33 Å². The number of benzene rings is 1. The van der Waals surface area contributed by atoms with E-state index in [1.807, 2.05) is 22.8 Å². The average Bonchev–Trinajstić information content (AvgIpc) is 3.20. The van der Waals surface area contributed by atoms with Crippen LogP contribution in [0.1, 0.15) is 16.2 Å². The van der Waals surface area contributed by atoms with Crippen molar-refractivity contribution in [2.75, 3.05) is 20.3 Å². The van der Waals surface area contributed by atoms with Gasteiger partial charge in [-0.2, -0.15) is 5.10 Å². The molecule has 2 aromatic heterocycles. The summed E-state index contributed by atoms with van der Waals surface area (Å²) in [4.78, 5) is 21.0. The Balaban J connectivity index is 1.82. The summed E-state index contributed by atoms with van der Waals surface area (Å²) in [7, 11) is 1.55. The summed E-state index contributed by atoms with van der Waals surface area (Å²) in [6.07, 6.45) is 3.13. The Morgan fingerprint density at radius 3 is 3.04 bits per heavy atom. The molecule has 3 aromatic rings. The summed E-state index contributed by atoms with van der Waals surface area (Å²) in [5.41, 5.74) is 2.76. The average molecular weight is 404 g/mol. The van der Waals surface area contributed by atoms with Crippen molar-refractivity contribution in [3.8, 4) is 17.1 Å². The molecule has 0 saturated heterocycles. The van der Waals surface area contributed by atoms with E-state index in [1.54, 1.807) is 18.1 Å². The van der Waals surface area contributed by atoms with Crippen LogP contribution in [0.15, 0.2) is 35.3 Å². The number of ether oxygens (including phenoxy) is 2. The van der Waals surface area contributed by atoms with Gasteiger partial charge in [0.05, 0.1) is 24.5 Å². The Morgan fingerprint density at radius 1 is 1.32 bits per heavy atom. The molecule has 3 heterocycles. The molecule has 0 unspecified atom stereocenters. The lowest BCUT2D eigenvalue weighted by atomic mass is 10.1. The van der Waals surface area contributed by atoms with Gasteiger partial charge in [0.25, 0.3) is 0 Å². The molecule has 0 atom stereocenters. The minimum absolute atomic E-state index is 0.180. The highest BCUT2D eigenvalue weighted by Gasteiger charge is 2.27. The van der Waals surface area contributed by atoms with Crippen LogP contribution < -0.4 is 0 Å². The van der Waals surface area contributed by atoms with Crippen molar-refractivity contribution in [3.63, 3.8) is 0 Å². The highest BCUT2D eigenvalue weighted by molar-refractivity contribution is 9.10. The largest absolute Gasteiger partial charge is 0.458 e. The minimum atomic E-state index is -0.479. The van der Waals surface area contributed by atoms with Gasteiger partial charge in [-0.25, -0.2) is 19.4 Å². The third-order valence-electron chi connectivity index (χ3n) is 3.95. The van der Waals surface area contributed by atoms with Crippen LogP contribution >= 0.6 is 15.9 Å². The van der Waals surface area contributed by atoms with Gasteiger partial charge in [-0.15, -0.1) is 0 Å². The van der Waals surface area contributed by atoms with Crippen LogP contribution in [0.25, 0.3) is 17.1 Å². The molecule has 25 heavy (non-hydrogen) atoms. The van der Waals surface area contributed by atoms with Gasteiger partial charge in [0.1, 0.15) is 19.3 Å². The lowest BCUT2D eigenvalue weighted by Crippen LogP contribution is -2.14. The minimum Gasteiger partial charge on any atom is -0.458 e. The Bertz CT molecular complexity index is 949. The number of aromatic nitrogens is 5. The first-order chi connectivity index (χ1) is 12.2. The van der Waals surface area contributed by atoms with Gasteiger partial charge in [-0.3, -0.25) is 4.57 Å². The van der Waals surface area contributed by atoms with Crippen LogP contribution in [-0.4, -0.2) is 50.6 Å². The molecule has 0 aliphatic carbocycles. The number of carbonyl (C=O) groups excluding carboxylic acids is 1. The molecule has 0 saturated carbocycles. The summed E-state index contributed by atoms with van der Waals surface area (Å²) in [5, 5.41) is 4.28. The molecule has 9 heteroatoms. The second-order valence-electron chi connectivity index (χ2n) is 5.44. The lowest BCUT2D eigenvalue weighted by molar-refractivity contribution is 0.0380. The van der Waals surface area contributed by atoms with Gasteiger partial charge in [-0.05, 0) is 18.2 Å². The quantitative estimate of drug-likeness (QED) is 0.383. The second kappa shape index (κ2) is 6.41. The van der Waals surface area contributed by atoms with E-state index in [-0.39, 0.29) is 12.3 Å². The first-order valence-corrected chi connectivity index (χ1v) is 8.38. The normalized spacial score (nSPS) is 12.1. The van der Waals surface area contributed by atoms with Crippen LogP contribution in [-0.2, 0) is 16.0 Å². The maximum atomic E-state index is 12.4. The van der Waals surface area contributed by atoms with Gasteiger partial charge >= 0.3 is 5.97 Å². The third kappa shape index (κ3) is 2.75. The van der Waals surface area contributed by atoms with Gasteiger partial charge in [0, 0.05) is 17.1 Å². The smallest absolute Gasteiger partial charge is 0.358 e. The summed E-state index contributed by atoms with van der Waals surface area (Å²) in [5.74, 6) is 0.256. The van der Waals surface area contributed by atoms with Crippen molar-refractivity contribution in [1.82, 2.24) is 24.3 Å². The molecule has 0 fully saturated rings. The SMILES string of the molecule is COCCOC(=O)c1ncn2c1Cn1ncnc1-c1cc(Br)ccc1-2. The summed E-state index contributed by atoms with van der Waals surface area (Å²) in [6.45, 7) is 0.891. The van der Waals surface area contributed by atoms with E-state index in [9.17, 15) is 4.79 Å². The van der Waals surface area contributed by atoms with Crippen LogP contribution in [0.3, 0.4) is 0 Å². The number of rotatable bonds is 4. The fourth-order valence-electron chi connectivity index (χ4n) is 2.82. The predicted octanol–water partition coefficient (Wildman–Crippen LogP) is 2.06. The molecule has 0 amide bonds. The van der Waals surface area contributed by atoms with Crippen LogP contribution in [0.2, 0.25) is 0 Å². The van der Waals surface area contributed by atoms with Gasteiger partial charge in [-0.1, -0.05) is 15.9 Å². The maximum Gasteiger partial charge on any atom is 0.358 e. The highest BCUT2D eigenvalue weighted by Crippen LogP contribution is 2.33. The van der Waals surface area contributed by atoms with E-state index in [0.717, 1.165) is 21.5 Å². The molecule has 0 bridgehead atoms. The zero-order chi connectivity index (χ0) is 17.4. The maximum absolute atomic E-state index is 12.4. The van der Waals surface area contributed by atoms with Crippen molar-refractivity contribution >= 4 is 21.9 Å². The molecule has 1 aliphatic rings. The second-order valence-corrected chi connectivity index (χ2v) is 6.36. The van der Waals surface area contributed by atoms with E-state index in [2.05, 4.69) is 31.0 Å². The fourth-order valence-corrected chi connectivity index (χ4v) is 3.18. The van der Waals surface area contributed by atoms with E-state index in [4.69, 9.17) is 9.47 Å². The molecular weight excluding hydrogens is 390 g/mol. The number of hydrogen-bond donors (Lipinski definition) is 0. The van der Waals surface area contributed by atoms with E-state index < -0.39 is 5.97 Å². The van der Waals surface area contributed by atoms with Crippen molar-refractivity contribution in [1.29, 1.82) is 0 Å². The number of methoxy groups -OCH3 is 1. The van der Waals surface area contributed by atoms with Crippen molar-refractivity contribution in [3.05, 3.63) is 46.7 Å². The summed E-state index contributed by atoms with van der Waals surface area (Å²) >= 11 is 3.49. The van der Waals surface area contributed by atoms with Crippen molar-refractivity contribution < 1.29 is 14.3 Å². The molecule has 8 nitrogen and oxygen atoms in total. The number of imidazole rings is 1. The molecule has 0 radical (unpaired) electrons. The first kappa shape index (κ1) is 16.0. The molecule has 0 spiro atoms. The Kier molecular flexibility index (Phi) is 4.10. The summed E-state index contributed by atoms with van der Waals surface area (Å²) in [6, 6.07) is 5.86. The Labute approximate surface area is 151 Å². The molecular formula is C16H14BrN5O3. The molecule has 128 valence electrons. The van der Waals surface area contributed by atoms with Gasteiger partial charge in [0.2, 0.25) is 0 Å². The van der Waals surface area contributed by atoms with Crippen LogP contribution in [0.5, 0.6) is 0 Å². The number of halogens is 1. The zero-order valence-corrected chi connectivity index (χ0v) is 14.9. The van der Waals surface area contributed by atoms with Gasteiger partial charge < -0.3 is 9.47 Å². The van der Waals surface area contributed by atoms with Crippen LogP contribution in [0, 0.1) is 0 Å². The summed E-state index contributed by atoms with van der Waals surface area (Å²) < 4.78 is 14.7. The number of hydrogen-bond acceptors (Lipinski definition) is 6. The van der Waals surface area contributed by atoms with E-state index >= 15 is 0 Å². The van der Waals surface area contributed by atoms with Crippen molar-refractivity contribution in [2.24, 2.45) is 0 Å². The standard InChI is InChI=1S/C16H14BrN5O3/c1-24-4-5-25-16(23)14-13-7-22-15(18-8-20-22)11-6-10(17)2-3-12(11)21(13)9-19-14/h2-3,6,8-9H,4-5,7H2,1H3. The number of nitrogens with zero attached hydrogens (tertiary/aromatic N) is 5. The number of fused-ring (bicyclic) bond motifs is 5. The first-order valence-electron chi connectivity index (χ1n) is 7.59. The molecule has 0 N–H and O–H groups in total. The fraction of sp³-hybridized carbons (Fsp3) is 0.250. The molecule has 4 rings (SSSR count). The monoisotopic (exact) mass is 403 g/mol. The Morgan fingerprint density at radius 2 is 2.20 bits per heavy atom. The third-order valence-corrected chi connectivity index (χ3v) is 4.45. The lowest BCUT2D eigenvalue weighted by Gasteiger charge is -2.09. The molecule has 1 aromatic carbocycles. The Hall–Kier alpha value is -2.52. The van der Waals surface area contributed by atoms with Crippen molar-refractivity contribution in [2.45, 2.75) is 6.54 Å². The number of carbonyl (C=O) groups is 1. The van der Waals surface area contributed by atoms with E-state index in [0.29, 0.717) is 18.8 Å². The highest BCUT2D eigenvalue weighted by atomic mass is 79.9. The predicted molar refractivity (Wildman–Crippen MR) is 91.5 cm³/mol. The topological polar surface area (TPSA) is 84.1 Å². The van der Waals surface area contributed by atoms with Gasteiger partial charge in [0.15, 0.2) is 11.5 Å².